The van der Waals surface area contributed by atoms with Crippen molar-refractivity contribution in [2.45, 2.75) is 13.5 Å². The van der Waals surface area contributed by atoms with E-state index >= 15 is 0 Å². The lowest BCUT2D eigenvalue weighted by Crippen LogP contribution is -2.36. The van der Waals surface area contributed by atoms with Crippen LogP contribution in [0, 0.1) is 11.6 Å². The number of hydrogen-bond acceptors (Lipinski definition) is 5. The van der Waals surface area contributed by atoms with Gasteiger partial charge < -0.3 is 19.1 Å². The summed E-state index contributed by atoms with van der Waals surface area (Å²) in [6.45, 7) is 2.03. The number of carbonyl (C=O) groups is 1. The molecule has 158 valence electrons. The molecule has 29 heavy (non-hydrogen) atoms. The van der Waals surface area contributed by atoms with Crippen LogP contribution in [0.5, 0.6) is 5.75 Å². The van der Waals surface area contributed by atoms with E-state index in [9.17, 15) is 22.0 Å². The molecule has 2 aromatic carbocycles. The molecule has 0 spiro atoms. The summed E-state index contributed by atoms with van der Waals surface area (Å²) in [7, 11) is -2.19. The maximum Gasteiger partial charge on any atom is 0.322 e. The molecule has 0 heterocycles. The van der Waals surface area contributed by atoms with E-state index in [-0.39, 0.29) is 36.9 Å². The molecule has 2 amide bonds. The van der Waals surface area contributed by atoms with Gasteiger partial charge in [0.15, 0.2) is 11.6 Å². The van der Waals surface area contributed by atoms with Gasteiger partial charge in [-0.05, 0) is 36.8 Å². The van der Waals surface area contributed by atoms with Crippen LogP contribution in [0.3, 0.4) is 0 Å². The number of ether oxygens (including phenoxy) is 1. The monoisotopic (exact) mass is 428 g/mol. The summed E-state index contributed by atoms with van der Waals surface area (Å²) in [4.78, 5) is 14.0. The molecule has 0 radical (unpaired) electrons. The molecule has 0 aliphatic rings. The molecule has 2 aromatic rings. The van der Waals surface area contributed by atoms with E-state index in [1.165, 1.54) is 37.1 Å². The molecule has 0 bridgehead atoms. The number of amides is 2. The third-order valence-corrected chi connectivity index (χ3v) is 5.03. The third-order valence-electron chi connectivity index (χ3n) is 3.87. The van der Waals surface area contributed by atoms with Crippen LogP contribution in [0.2, 0.25) is 0 Å². The first-order chi connectivity index (χ1) is 13.7. The Balaban J connectivity index is 2.15. The number of urea groups is 1. The Hall–Kier alpha value is -2.72. The number of benzene rings is 2. The second-order valence-corrected chi connectivity index (χ2v) is 7.91. The summed E-state index contributed by atoms with van der Waals surface area (Å²) in [6.07, 6.45) is 0. The van der Waals surface area contributed by atoms with Gasteiger partial charge in [-0.25, -0.2) is 13.6 Å². The van der Waals surface area contributed by atoms with Crippen LogP contribution < -0.4 is 9.50 Å². The van der Waals surface area contributed by atoms with Crippen molar-refractivity contribution < 1.29 is 30.9 Å². The fraction of sp³-hybridized carbons (Fsp3) is 0.316. The molecular weight excluding hydrogens is 406 g/mol. The van der Waals surface area contributed by atoms with Crippen LogP contribution in [-0.4, -0.2) is 45.4 Å². The summed E-state index contributed by atoms with van der Waals surface area (Å²) >= 11 is 0. The maximum absolute atomic E-state index is 13.4. The highest BCUT2D eigenvalue weighted by atomic mass is 32.2. The Morgan fingerprint density at radius 3 is 2.55 bits per heavy atom. The van der Waals surface area contributed by atoms with Crippen LogP contribution in [0.4, 0.5) is 19.3 Å². The topological polar surface area (TPSA) is 84.9 Å². The molecule has 0 saturated heterocycles. The van der Waals surface area contributed by atoms with Crippen molar-refractivity contribution >= 4 is 21.8 Å². The molecule has 0 saturated carbocycles. The molecule has 10 heteroatoms. The number of nitrogens with zero attached hydrogens (tertiary/aromatic N) is 1. The molecule has 7 nitrogen and oxygen atoms in total. The van der Waals surface area contributed by atoms with E-state index in [4.69, 9.17) is 8.92 Å². The highest BCUT2D eigenvalue weighted by Gasteiger charge is 2.16. The second kappa shape index (κ2) is 10.2. The molecule has 0 fully saturated rings. The second-order valence-electron chi connectivity index (χ2n) is 6.05. The molecule has 0 aliphatic carbocycles. The molecule has 0 unspecified atom stereocenters. The highest BCUT2D eigenvalue weighted by Crippen LogP contribution is 2.18. The normalized spacial score (nSPS) is 11.2. The number of hydrogen-bond donors (Lipinski definition) is 1. The highest BCUT2D eigenvalue weighted by molar-refractivity contribution is 7.87. The summed E-state index contributed by atoms with van der Waals surface area (Å²) < 4.78 is 59.7. The van der Waals surface area contributed by atoms with Gasteiger partial charge >= 0.3 is 16.1 Å². The number of carbonyl (C=O) groups excluding carboxylic acids is 1. The number of anilines is 1. The minimum Gasteiger partial charge on any atom is -0.383 e. The van der Waals surface area contributed by atoms with Crippen LogP contribution in [0.1, 0.15) is 12.5 Å². The number of methoxy groups -OCH3 is 1. The van der Waals surface area contributed by atoms with Crippen molar-refractivity contribution in [3.05, 3.63) is 59.7 Å². The van der Waals surface area contributed by atoms with E-state index in [0.717, 1.165) is 12.1 Å². The quantitative estimate of drug-likeness (QED) is 0.619. The lowest BCUT2D eigenvalue weighted by atomic mass is 10.2. The fourth-order valence-corrected chi connectivity index (χ4v) is 2.87. The van der Waals surface area contributed by atoms with Crippen LogP contribution in [0.15, 0.2) is 42.5 Å². The van der Waals surface area contributed by atoms with Gasteiger partial charge in [0, 0.05) is 32.0 Å². The van der Waals surface area contributed by atoms with Crippen molar-refractivity contribution in [3.63, 3.8) is 0 Å². The molecular formula is C19H22F2N2O5S. The van der Waals surface area contributed by atoms with E-state index in [1.54, 1.807) is 12.1 Å². The standard InChI is InChI=1S/C19H22F2N2O5S/c1-3-29(25,26)28-16-6-4-5-14(11-16)13-23(9-10-27-2)19(24)22-15-7-8-17(20)18(21)12-15/h4-8,11-12H,3,9-10,13H2,1-2H3,(H,22,24). The molecule has 1 N–H and O–H groups in total. The zero-order chi connectivity index (χ0) is 21.4. The van der Waals surface area contributed by atoms with Crippen molar-refractivity contribution in [1.29, 1.82) is 0 Å². The van der Waals surface area contributed by atoms with Gasteiger partial charge in [-0.15, -0.1) is 0 Å². The first-order valence-electron chi connectivity index (χ1n) is 8.75. The van der Waals surface area contributed by atoms with E-state index < -0.39 is 27.8 Å². The Kier molecular flexibility index (Phi) is 7.91. The average Bonchev–Trinajstić information content (AvgIpc) is 2.68. The zero-order valence-electron chi connectivity index (χ0n) is 16.0. The Morgan fingerprint density at radius 2 is 1.90 bits per heavy atom. The van der Waals surface area contributed by atoms with Crippen LogP contribution in [-0.2, 0) is 21.4 Å². The van der Waals surface area contributed by atoms with E-state index in [0.29, 0.717) is 5.56 Å². The zero-order valence-corrected chi connectivity index (χ0v) is 16.8. The Morgan fingerprint density at radius 1 is 1.14 bits per heavy atom. The van der Waals surface area contributed by atoms with Gasteiger partial charge in [-0.2, -0.15) is 8.42 Å². The van der Waals surface area contributed by atoms with Gasteiger partial charge in [0.25, 0.3) is 0 Å². The predicted molar refractivity (Wildman–Crippen MR) is 104 cm³/mol. The summed E-state index contributed by atoms with van der Waals surface area (Å²) in [5.41, 5.74) is 0.716. The maximum atomic E-state index is 13.4. The van der Waals surface area contributed by atoms with Gasteiger partial charge in [0.2, 0.25) is 0 Å². The number of halogens is 2. The van der Waals surface area contributed by atoms with Crippen molar-refractivity contribution in [3.8, 4) is 5.75 Å². The summed E-state index contributed by atoms with van der Waals surface area (Å²) in [5, 5.41) is 2.50. The molecule has 0 aliphatic heterocycles. The Labute approximate surface area is 168 Å². The number of nitrogens with one attached hydrogen (secondary N) is 1. The predicted octanol–water partition coefficient (Wildman–Crippen LogP) is 3.37. The SMILES string of the molecule is CCS(=O)(=O)Oc1cccc(CN(CCOC)C(=O)Nc2ccc(F)c(F)c2)c1. The largest absolute Gasteiger partial charge is 0.383 e. The first-order valence-corrected chi connectivity index (χ1v) is 10.3. The lowest BCUT2D eigenvalue weighted by molar-refractivity contribution is 0.153. The molecule has 2 rings (SSSR count). The van der Waals surface area contributed by atoms with Gasteiger partial charge in [0.05, 0.1) is 12.4 Å². The average molecular weight is 428 g/mol. The fourth-order valence-electron chi connectivity index (χ4n) is 2.35. The minimum atomic E-state index is -3.68. The minimum absolute atomic E-state index is 0.0995. The Bertz CT molecular complexity index is 953. The van der Waals surface area contributed by atoms with Crippen LogP contribution in [0.25, 0.3) is 0 Å². The summed E-state index contributed by atoms with van der Waals surface area (Å²) in [5.74, 6) is -2.13. The lowest BCUT2D eigenvalue weighted by Gasteiger charge is -2.23. The smallest absolute Gasteiger partial charge is 0.322 e. The van der Waals surface area contributed by atoms with Crippen molar-refractivity contribution in [2.75, 3.05) is 31.3 Å². The van der Waals surface area contributed by atoms with Crippen LogP contribution >= 0.6 is 0 Å². The van der Waals surface area contributed by atoms with Gasteiger partial charge in [-0.1, -0.05) is 12.1 Å². The molecule has 0 atom stereocenters. The first kappa shape index (κ1) is 22.6. The van der Waals surface area contributed by atoms with Gasteiger partial charge in [-0.3, -0.25) is 0 Å². The number of rotatable bonds is 9. The summed E-state index contributed by atoms with van der Waals surface area (Å²) in [6, 6.07) is 8.81. The van der Waals surface area contributed by atoms with E-state index in [2.05, 4.69) is 5.32 Å². The van der Waals surface area contributed by atoms with Crippen molar-refractivity contribution in [1.82, 2.24) is 4.90 Å². The van der Waals surface area contributed by atoms with Crippen molar-refractivity contribution in [2.24, 2.45) is 0 Å². The third kappa shape index (κ3) is 6.99. The van der Waals surface area contributed by atoms with Gasteiger partial charge in [0.1, 0.15) is 5.75 Å². The molecule has 0 aromatic heterocycles. The van der Waals surface area contributed by atoms with E-state index in [1.807, 2.05) is 0 Å².